The third-order valence-electron chi connectivity index (χ3n) is 20.6. The number of rotatable bonds is 51. The number of epoxide rings is 7. The maximum Gasteiger partial charge on any atom is 0.310 e. The maximum atomic E-state index is 12.2. The molecule has 0 aromatic heterocycles. The standard InChI is InChI=1S/C17H34O2.C16H32O2.C15H22O3.C15H30O2.C14H18O7/c1-2-3-4-5-6-7-8-9-10-11-12-13-14-18-15-17-16-19-17;1-2-3-4-5-6-7-8-9-10-11-12-13-17-14-16-15-18-16;16-15(11-3-2-10-6-12(10)7-11)17-8-9-1-4-13-14(5-9)18-13;1-2-3-4-5-6-7-8-9-10-11-12-16-13-15-14-17-15;15-13(19-5-7-3-17-7)9-1-11-12(21-11)2-10(9)14(16)20-6-8-4-18-8/h17H,2-16H2,1H3;16H,2-15H2,1H3;9-14H,1-8H2;15H,2-14H2,1H3;7-12H,1-6H2. The van der Waals surface area contributed by atoms with Gasteiger partial charge in [-0.15, -0.1) is 0 Å². The monoisotopic (exact) mass is 1320 g/mol. The Bertz CT molecular complexity index is 1850. The Hall–Kier alpha value is -1.99. The molecular weight excluding hydrogens is 1180 g/mol. The topological polar surface area (TPSA) is 194 Å². The Morgan fingerprint density at radius 1 is 0.301 bits per heavy atom. The van der Waals surface area contributed by atoms with Crippen LogP contribution in [-0.4, -0.2) is 165 Å². The summed E-state index contributed by atoms with van der Waals surface area (Å²) in [4.78, 5) is 36.4. The van der Waals surface area contributed by atoms with Gasteiger partial charge in [0.15, 0.2) is 0 Å². The molecule has 0 aromatic carbocycles. The van der Waals surface area contributed by atoms with Gasteiger partial charge >= 0.3 is 17.9 Å². The largest absolute Gasteiger partial charge is 0.465 e. The van der Waals surface area contributed by atoms with E-state index in [1.54, 1.807) is 0 Å². The van der Waals surface area contributed by atoms with Crippen molar-refractivity contribution < 1.29 is 76.0 Å². The number of esters is 3. The normalized spacial score (nSPS) is 29.6. The Morgan fingerprint density at radius 2 is 0.624 bits per heavy atom. The van der Waals surface area contributed by atoms with E-state index in [1.807, 2.05) is 0 Å². The van der Waals surface area contributed by atoms with Crippen molar-refractivity contribution in [3.63, 3.8) is 0 Å². The lowest BCUT2D eigenvalue weighted by atomic mass is 9.79. The molecule has 0 N–H and O–H groups in total. The molecule has 16 heteroatoms. The van der Waals surface area contributed by atoms with Crippen molar-refractivity contribution in [1.82, 2.24) is 0 Å². The van der Waals surface area contributed by atoms with Crippen molar-refractivity contribution in [2.24, 2.45) is 35.5 Å². The molecule has 4 saturated carbocycles. The summed E-state index contributed by atoms with van der Waals surface area (Å²) in [6, 6.07) is 0. The summed E-state index contributed by atoms with van der Waals surface area (Å²) in [5.41, 5.74) is 0. The van der Waals surface area contributed by atoms with E-state index in [1.165, 1.54) is 238 Å². The van der Waals surface area contributed by atoms with Crippen LogP contribution in [0.3, 0.4) is 0 Å². The summed E-state index contributed by atoms with van der Waals surface area (Å²) >= 11 is 0. The van der Waals surface area contributed by atoms with E-state index in [2.05, 4.69) is 20.8 Å². The fourth-order valence-electron chi connectivity index (χ4n) is 13.6. The SMILES string of the molecule is CCCCCCCCCCCCCCOCC1CO1.CCCCCCCCCCCCCOCC1CO1.CCCCCCCCCCCCOCC1CO1.O=C(OCC1CCC2OC2C1)C1CCC2CC2C1.O=C(OCC1CO1)C1CC2OC2CC1C(=O)OCC1CO1. The molecule has 540 valence electrons. The molecule has 15 atom stereocenters. The molecule has 7 aliphatic heterocycles. The highest BCUT2D eigenvalue weighted by molar-refractivity contribution is 5.82. The van der Waals surface area contributed by atoms with Gasteiger partial charge in [0.2, 0.25) is 0 Å². The smallest absolute Gasteiger partial charge is 0.310 e. The third-order valence-corrected chi connectivity index (χ3v) is 20.6. The zero-order valence-electron chi connectivity index (χ0n) is 59.3. The minimum Gasteiger partial charge on any atom is -0.465 e. The zero-order chi connectivity index (χ0) is 65.2. The van der Waals surface area contributed by atoms with Gasteiger partial charge in [0.25, 0.3) is 0 Å². The molecule has 11 aliphatic rings. The minimum absolute atomic E-state index is 0.0277. The first kappa shape index (κ1) is 78.3. The molecule has 11 rings (SSSR count). The lowest BCUT2D eigenvalue weighted by Gasteiger charge is -2.26. The average molecular weight is 1320 g/mol. The molecule has 16 nitrogen and oxygen atoms in total. The lowest BCUT2D eigenvalue weighted by Crippen LogP contribution is -2.38. The Labute approximate surface area is 564 Å². The minimum atomic E-state index is -0.472. The predicted molar refractivity (Wildman–Crippen MR) is 363 cm³/mol. The van der Waals surface area contributed by atoms with E-state index >= 15 is 0 Å². The lowest BCUT2D eigenvalue weighted by molar-refractivity contribution is -0.162. The molecule has 0 aromatic rings. The number of unbranched alkanes of at least 4 members (excludes halogenated alkanes) is 30. The quantitative estimate of drug-likeness (QED) is 0.0241. The number of hydrogen-bond acceptors (Lipinski definition) is 16. The highest BCUT2D eigenvalue weighted by Crippen LogP contribution is 2.52. The van der Waals surface area contributed by atoms with Crippen LogP contribution in [0.25, 0.3) is 0 Å². The van der Waals surface area contributed by atoms with E-state index in [9.17, 15) is 14.4 Å². The van der Waals surface area contributed by atoms with Crippen molar-refractivity contribution in [3.05, 3.63) is 0 Å². The van der Waals surface area contributed by atoms with Gasteiger partial charge in [0.1, 0.15) is 43.7 Å². The second-order valence-corrected chi connectivity index (χ2v) is 29.6. The average Bonchev–Trinajstić information content (AvgIpc) is 1.65. The van der Waals surface area contributed by atoms with Gasteiger partial charge in [-0.1, -0.05) is 213 Å². The van der Waals surface area contributed by atoms with Gasteiger partial charge in [0.05, 0.1) is 102 Å². The van der Waals surface area contributed by atoms with Crippen LogP contribution in [0.1, 0.15) is 290 Å². The van der Waals surface area contributed by atoms with Gasteiger partial charge in [-0.2, -0.15) is 0 Å². The van der Waals surface area contributed by atoms with Gasteiger partial charge in [-0.05, 0) is 94.8 Å². The van der Waals surface area contributed by atoms with Gasteiger partial charge in [0, 0.05) is 19.8 Å². The van der Waals surface area contributed by atoms with Crippen molar-refractivity contribution in [3.8, 4) is 0 Å². The van der Waals surface area contributed by atoms with Crippen LogP contribution in [0.4, 0.5) is 0 Å². The Kier molecular flexibility index (Phi) is 41.0. The number of ether oxygens (including phenoxy) is 13. The highest BCUT2D eigenvalue weighted by Gasteiger charge is 2.54. The molecule has 11 fully saturated rings. The van der Waals surface area contributed by atoms with Gasteiger partial charge in [-0.25, -0.2) is 0 Å². The number of fused-ring (bicyclic) bond motifs is 3. The van der Waals surface area contributed by atoms with Crippen molar-refractivity contribution in [2.75, 3.05) is 92.5 Å². The first-order valence-electron chi connectivity index (χ1n) is 39.4. The summed E-state index contributed by atoms with van der Waals surface area (Å²) in [7, 11) is 0. The van der Waals surface area contributed by atoms with Crippen molar-refractivity contribution in [1.29, 1.82) is 0 Å². The summed E-state index contributed by atoms with van der Waals surface area (Å²) in [5, 5.41) is 0. The molecule has 15 unspecified atom stereocenters. The second kappa shape index (κ2) is 48.7. The second-order valence-electron chi connectivity index (χ2n) is 29.6. The molecule has 0 radical (unpaired) electrons. The molecule has 0 spiro atoms. The number of carbonyl (C=O) groups excluding carboxylic acids is 3. The van der Waals surface area contributed by atoms with Crippen LogP contribution in [0.5, 0.6) is 0 Å². The maximum absolute atomic E-state index is 12.2. The van der Waals surface area contributed by atoms with E-state index in [4.69, 9.17) is 61.6 Å². The number of carbonyl (C=O) groups is 3. The van der Waals surface area contributed by atoms with Gasteiger partial charge < -0.3 is 61.6 Å². The van der Waals surface area contributed by atoms with Crippen molar-refractivity contribution >= 4 is 17.9 Å². The number of hydrogen-bond donors (Lipinski definition) is 0. The van der Waals surface area contributed by atoms with Crippen LogP contribution < -0.4 is 0 Å². The summed E-state index contributed by atoms with van der Waals surface area (Å²) < 4.78 is 68.8. The summed E-state index contributed by atoms with van der Waals surface area (Å²) in [6.07, 6.45) is 57.9. The first-order valence-corrected chi connectivity index (χ1v) is 39.4. The molecule has 7 heterocycles. The van der Waals surface area contributed by atoms with Gasteiger partial charge in [-0.3, -0.25) is 14.4 Å². The Balaban J connectivity index is 0.000000165. The van der Waals surface area contributed by atoms with E-state index in [0.717, 1.165) is 90.6 Å². The molecule has 93 heavy (non-hydrogen) atoms. The Morgan fingerprint density at radius 3 is 0.968 bits per heavy atom. The third kappa shape index (κ3) is 39.4. The summed E-state index contributed by atoms with van der Waals surface area (Å²) in [6.45, 7) is 17.3. The molecule has 0 amide bonds. The van der Waals surface area contributed by atoms with Crippen LogP contribution in [0.15, 0.2) is 0 Å². The first-order chi connectivity index (χ1) is 45.8. The fraction of sp³-hybridized carbons (Fsp3) is 0.961. The van der Waals surface area contributed by atoms with E-state index in [-0.39, 0.29) is 61.5 Å². The highest BCUT2D eigenvalue weighted by atomic mass is 16.6. The van der Waals surface area contributed by atoms with Crippen LogP contribution in [0.2, 0.25) is 0 Å². The molecule has 4 aliphatic carbocycles. The van der Waals surface area contributed by atoms with Crippen LogP contribution >= 0.6 is 0 Å². The summed E-state index contributed by atoms with van der Waals surface area (Å²) in [5.74, 6) is 1.02. The zero-order valence-corrected chi connectivity index (χ0v) is 59.3. The fourth-order valence-corrected chi connectivity index (χ4v) is 13.6. The van der Waals surface area contributed by atoms with Crippen LogP contribution in [-0.2, 0) is 76.0 Å². The molecule has 7 saturated heterocycles. The van der Waals surface area contributed by atoms with E-state index in [0.29, 0.717) is 69.1 Å². The molecule has 0 bridgehead atoms. The van der Waals surface area contributed by atoms with Crippen molar-refractivity contribution in [2.45, 2.75) is 345 Å². The van der Waals surface area contributed by atoms with E-state index < -0.39 is 11.8 Å². The molecular formula is C77H136O16. The predicted octanol–water partition coefficient (Wildman–Crippen LogP) is 16.3. The van der Waals surface area contributed by atoms with Crippen LogP contribution in [0, 0.1) is 35.5 Å².